The summed E-state index contributed by atoms with van der Waals surface area (Å²) in [5, 5.41) is 7.61. The van der Waals surface area contributed by atoms with Crippen LogP contribution < -0.4 is 0 Å². The molecular weight excluding hydrogens is 518 g/mol. The molecule has 1 heteroatoms. The number of hydrogen-bond acceptors (Lipinski definition) is 1. The van der Waals surface area contributed by atoms with Crippen LogP contribution in [0.15, 0.2) is 158 Å². The minimum absolute atomic E-state index is 1.03. The summed E-state index contributed by atoms with van der Waals surface area (Å²) in [6.45, 7) is 2.02. The quantitative estimate of drug-likeness (QED) is 0.200. The highest BCUT2D eigenvalue weighted by Crippen LogP contribution is 2.44. The van der Waals surface area contributed by atoms with Crippen molar-refractivity contribution in [3.8, 4) is 44.5 Å². The van der Waals surface area contributed by atoms with Gasteiger partial charge in [0.2, 0.25) is 0 Å². The van der Waals surface area contributed by atoms with Gasteiger partial charge in [-0.15, -0.1) is 0 Å². The Morgan fingerprint density at radius 2 is 0.860 bits per heavy atom. The maximum Gasteiger partial charge on any atom is 0.0373 e. The van der Waals surface area contributed by atoms with Gasteiger partial charge in [0.1, 0.15) is 0 Å². The summed E-state index contributed by atoms with van der Waals surface area (Å²) in [7, 11) is 0. The zero-order chi connectivity index (χ0) is 28.8. The van der Waals surface area contributed by atoms with Gasteiger partial charge in [-0.05, 0) is 96.4 Å². The fourth-order valence-corrected chi connectivity index (χ4v) is 6.44. The average molecular weight is 548 g/mol. The Balaban J connectivity index is 1.28. The summed E-state index contributed by atoms with van der Waals surface area (Å²) < 4.78 is 0. The first kappa shape index (κ1) is 25.2. The van der Waals surface area contributed by atoms with E-state index in [0.29, 0.717) is 0 Å². The van der Waals surface area contributed by atoms with Crippen molar-refractivity contribution in [1.82, 2.24) is 4.98 Å². The van der Waals surface area contributed by atoms with E-state index in [1.54, 1.807) is 0 Å². The van der Waals surface area contributed by atoms with Crippen molar-refractivity contribution in [1.29, 1.82) is 0 Å². The molecule has 8 rings (SSSR count). The molecule has 202 valence electrons. The second-order valence-electron chi connectivity index (χ2n) is 11.2. The maximum atomic E-state index is 4.49. The lowest BCUT2D eigenvalue weighted by atomic mass is 9.85. The average Bonchev–Trinajstić information content (AvgIpc) is 3.07. The second-order valence-corrected chi connectivity index (χ2v) is 11.2. The molecule has 0 bridgehead atoms. The number of benzene rings is 7. The van der Waals surface area contributed by atoms with Crippen LogP contribution in [-0.4, -0.2) is 4.98 Å². The van der Waals surface area contributed by atoms with Crippen molar-refractivity contribution in [2.24, 2.45) is 0 Å². The predicted octanol–water partition coefficient (Wildman–Crippen LogP) is 11.5. The fraction of sp³-hybridized carbons (Fsp3) is 0.0238. The molecule has 0 saturated heterocycles. The number of hydrogen-bond donors (Lipinski definition) is 0. The van der Waals surface area contributed by atoms with E-state index in [-0.39, 0.29) is 0 Å². The highest BCUT2D eigenvalue weighted by atomic mass is 14.7. The van der Waals surface area contributed by atoms with Crippen LogP contribution in [0.2, 0.25) is 0 Å². The molecule has 0 aliphatic heterocycles. The van der Waals surface area contributed by atoms with Crippen LogP contribution in [0.5, 0.6) is 0 Å². The molecule has 7 aromatic carbocycles. The molecule has 43 heavy (non-hydrogen) atoms. The third kappa shape index (κ3) is 4.47. The lowest BCUT2D eigenvalue weighted by molar-refractivity contribution is 1.20. The summed E-state index contributed by atoms with van der Waals surface area (Å²) in [5.41, 5.74) is 10.8. The Hall–Kier alpha value is -5.53. The summed E-state index contributed by atoms with van der Waals surface area (Å²) in [6.07, 6.45) is 1.95. The van der Waals surface area contributed by atoms with E-state index in [9.17, 15) is 0 Å². The number of fused-ring (bicyclic) bond motifs is 3. The van der Waals surface area contributed by atoms with Gasteiger partial charge in [-0.25, -0.2) is 0 Å². The lowest BCUT2D eigenvalue weighted by Crippen LogP contribution is -1.91. The van der Waals surface area contributed by atoms with Crippen LogP contribution in [0.25, 0.3) is 76.8 Å². The molecule has 0 atom stereocenters. The van der Waals surface area contributed by atoms with Crippen molar-refractivity contribution < 1.29 is 0 Å². The summed E-state index contributed by atoms with van der Waals surface area (Å²) in [4.78, 5) is 4.49. The smallest absolute Gasteiger partial charge is 0.0373 e. The maximum absolute atomic E-state index is 4.49. The molecule has 0 saturated carbocycles. The van der Waals surface area contributed by atoms with E-state index in [1.807, 2.05) is 13.1 Å². The van der Waals surface area contributed by atoms with Crippen molar-refractivity contribution in [2.45, 2.75) is 6.92 Å². The van der Waals surface area contributed by atoms with Gasteiger partial charge in [0.15, 0.2) is 0 Å². The Labute approximate surface area is 251 Å². The minimum atomic E-state index is 1.03. The van der Waals surface area contributed by atoms with E-state index >= 15 is 0 Å². The van der Waals surface area contributed by atoms with Gasteiger partial charge in [-0.2, -0.15) is 0 Å². The summed E-state index contributed by atoms with van der Waals surface area (Å²) in [5.74, 6) is 0. The molecule has 0 amide bonds. The standard InChI is InChI=1S/C42H29N/c1-28-17-18-36(27-43-28)34-12-8-11-33(25-34)30-19-22-31(23-20-30)41-37-13-4-6-15-39(37)42(40-16-7-5-14-38(40)41)35-24-21-29-9-2-3-10-32(29)26-35/h2-27H,1H3. The molecule has 0 radical (unpaired) electrons. The lowest BCUT2D eigenvalue weighted by Gasteiger charge is -2.18. The van der Waals surface area contributed by atoms with Gasteiger partial charge in [0.05, 0.1) is 0 Å². The van der Waals surface area contributed by atoms with Gasteiger partial charge >= 0.3 is 0 Å². The largest absolute Gasteiger partial charge is 0.261 e. The van der Waals surface area contributed by atoms with Crippen LogP contribution in [0.4, 0.5) is 0 Å². The molecule has 1 nitrogen and oxygen atoms in total. The Morgan fingerprint density at radius 3 is 1.49 bits per heavy atom. The second kappa shape index (κ2) is 10.4. The highest BCUT2D eigenvalue weighted by molar-refractivity contribution is 6.21. The number of rotatable bonds is 4. The third-order valence-corrected chi connectivity index (χ3v) is 8.58. The summed E-state index contributed by atoms with van der Waals surface area (Å²) in [6, 6.07) is 55.2. The first-order valence-electron chi connectivity index (χ1n) is 14.8. The van der Waals surface area contributed by atoms with Crippen molar-refractivity contribution in [3.63, 3.8) is 0 Å². The summed E-state index contributed by atoms with van der Waals surface area (Å²) >= 11 is 0. The van der Waals surface area contributed by atoms with Gasteiger partial charge in [0, 0.05) is 17.5 Å². The van der Waals surface area contributed by atoms with E-state index < -0.39 is 0 Å². The topological polar surface area (TPSA) is 12.9 Å². The molecular formula is C42H29N. The van der Waals surface area contributed by atoms with E-state index in [1.165, 1.54) is 71.3 Å². The first-order chi connectivity index (χ1) is 21.2. The SMILES string of the molecule is Cc1ccc(-c2cccc(-c3ccc(-c4c5ccccc5c(-c5ccc6ccccc6c5)c5ccccc45)cc3)c2)cn1. The van der Waals surface area contributed by atoms with Crippen LogP contribution in [0, 0.1) is 6.92 Å². The van der Waals surface area contributed by atoms with Crippen molar-refractivity contribution in [3.05, 3.63) is 164 Å². The molecule has 0 spiro atoms. The zero-order valence-electron chi connectivity index (χ0n) is 24.0. The van der Waals surface area contributed by atoms with Crippen LogP contribution in [0.1, 0.15) is 5.69 Å². The Morgan fingerprint density at radius 1 is 0.349 bits per heavy atom. The molecule has 0 N–H and O–H groups in total. The molecule has 8 aromatic rings. The number of nitrogens with zero attached hydrogens (tertiary/aromatic N) is 1. The molecule has 1 heterocycles. The number of pyridine rings is 1. The van der Waals surface area contributed by atoms with Crippen LogP contribution in [-0.2, 0) is 0 Å². The van der Waals surface area contributed by atoms with Gasteiger partial charge in [-0.1, -0.05) is 133 Å². The normalized spacial score (nSPS) is 11.4. The van der Waals surface area contributed by atoms with Crippen molar-refractivity contribution >= 4 is 32.3 Å². The fourth-order valence-electron chi connectivity index (χ4n) is 6.44. The molecule has 1 aromatic heterocycles. The van der Waals surface area contributed by atoms with E-state index in [4.69, 9.17) is 0 Å². The highest BCUT2D eigenvalue weighted by Gasteiger charge is 2.16. The van der Waals surface area contributed by atoms with Crippen LogP contribution in [0.3, 0.4) is 0 Å². The first-order valence-corrected chi connectivity index (χ1v) is 14.8. The molecule has 0 fully saturated rings. The van der Waals surface area contributed by atoms with E-state index in [2.05, 4.69) is 157 Å². The monoisotopic (exact) mass is 547 g/mol. The number of aromatic nitrogens is 1. The molecule has 0 aliphatic carbocycles. The Bertz CT molecular complexity index is 2220. The Kier molecular flexibility index (Phi) is 6.09. The van der Waals surface area contributed by atoms with Crippen molar-refractivity contribution in [2.75, 3.05) is 0 Å². The molecule has 0 aliphatic rings. The molecule has 0 unspecified atom stereocenters. The zero-order valence-corrected chi connectivity index (χ0v) is 24.0. The minimum Gasteiger partial charge on any atom is -0.261 e. The van der Waals surface area contributed by atoms with Gasteiger partial charge < -0.3 is 0 Å². The third-order valence-electron chi connectivity index (χ3n) is 8.58. The van der Waals surface area contributed by atoms with Crippen LogP contribution >= 0.6 is 0 Å². The van der Waals surface area contributed by atoms with E-state index in [0.717, 1.165) is 11.3 Å². The number of aryl methyl sites for hydroxylation is 1. The van der Waals surface area contributed by atoms with Gasteiger partial charge in [0.25, 0.3) is 0 Å². The predicted molar refractivity (Wildman–Crippen MR) is 183 cm³/mol. The van der Waals surface area contributed by atoms with Gasteiger partial charge in [-0.3, -0.25) is 4.98 Å².